The molecule has 0 amide bonds. The minimum Gasteiger partial charge on any atom is -0.496 e. The van der Waals surface area contributed by atoms with Crippen LogP contribution in [0.4, 0.5) is 5.69 Å². The van der Waals surface area contributed by atoms with Gasteiger partial charge >= 0.3 is 17.9 Å². The van der Waals surface area contributed by atoms with Gasteiger partial charge in [0.25, 0.3) is 0 Å². The van der Waals surface area contributed by atoms with Crippen LogP contribution in [0.25, 0.3) is 0 Å². The molecule has 0 fully saturated rings. The van der Waals surface area contributed by atoms with Crippen molar-refractivity contribution in [1.29, 1.82) is 5.26 Å². The first-order valence-electron chi connectivity index (χ1n) is 11.7. The maximum atomic E-state index is 13.4. The summed E-state index contributed by atoms with van der Waals surface area (Å²) in [6.45, 7) is 1.37. The van der Waals surface area contributed by atoms with Crippen molar-refractivity contribution in [3.8, 4) is 11.8 Å². The summed E-state index contributed by atoms with van der Waals surface area (Å²) in [6, 6.07) is 12.5. The van der Waals surface area contributed by atoms with Gasteiger partial charge in [-0.3, -0.25) is 4.90 Å². The van der Waals surface area contributed by atoms with E-state index >= 15 is 0 Å². The molecule has 40 heavy (non-hydrogen) atoms. The van der Waals surface area contributed by atoms with Crippen LogP contribution in [0.5, 0.6) is 5.75 Å². The van der Waals surface area contributed by atoms with E-state index in [2.05, 4.69) is 0 Å². The molecule has 1 aliphatic heterocycles. The van der Waals surface area contributed by atoms with Gasteiger partial charge in [-0.1, -0.05) is 37.3 Å². The highest BCUT2D eigenvalue weighted by molar-refractivity contribution is 7.91. The summed E-state index contributed by atoms with van der Waals surface area (Å²) in [5.74, 6) is -5.01. The molecule has 0 saturated carbocycles. The maximum Gasteiger partial charge on any atom is 0.355 e. The van der Waals surface area contributed by atoms with E-state index in [9.17, 15) is 28.1 Å². The molecule has 2 N–H and O–H groups in total. The molecule has 1 heterocycles. The standard InChI is InChI=1S/C27H27N3O9S/c1-6-40(34,35)20-12-16(25(31)37-3)19(36-2)13-18(20)30-23(27(33)39-5)22(26(32)38-4)21(17(14-28)24(30)29)15-10-8-7-9-11-15/h7-13,21H,6,29H2,1-5H3. The predicted octanol–water partition coefficient (Wildman–Crippen LogP) is 2.17. The predicted molar refractivity (Wildman–Crippen MR) is 142 cm³/mol. The van der Waals surface area contributed by atoms with E-state index in [4.69, 9.17) is 24.7 Å². The average Bonchev–Trinajstić information content (AvgIpc) is 2.98. The van der Waals surface area contributed by atoms with Gasteiger partial charge in [-0.2, -0.15) is 5.26 Å². The number of anilines is 1. The number of hydrogen-bond donors (Lipinski definition) is 1. The quantitative estimate of drug-likeness (QED) is 0.363. The van der Waals surface area contributed by atoms with Gasteiger partial charge in [0.1, 0.15) is 22.8 Å². The van der Waals surface area contributed by atoms with Gasteiger partial charge in [0.15, 0.2) is 9.84 Å². The van der Waals surface area contributed by atoms with E-state index < -0.39 is 50.0 Å². The Hall–Kier alpha value is -4.83. The number of benzene rings is 2. The highest BCUT2D eigenvalue weighted by atomic mass is 32.2. The normalized spacial score (nSPS) is 15.3. The third-order valence-corrected chi connectivity index (χ3v) is 8.01. The fourth-order valence-corrected chi connectivity index (χ4v) is 5.41. The van der Waals surface area contributed by atoms with E-state index in [1.165, 1.54) is 14.0 Å². The van der Waals surface area contributed by atoms with Crippen LogP contribution in [0.2, 0.25) is 0 Å². The summed E-state index contributed by atoms with van der Waals surface area (Å²) in [5, 5.41) is 10.2. The van der Waals surface area contributed by atoms with Crippen LogP contribution < -0.4 is 15.4 Å². The first-order chi connectivity index (χ1) is 19.0. The second-order valence-corrected chi connectivity index (χ2v) is 10.5. The topological polar surface area (TPSA) is 175 Å². The Morgan fingerprint density at radius 3 is 2.08 bits per heavy atom. The van der Waals surface area contributed by atoms with E-state index in [1.807, 2.05) is 6.07 Å². The molecule has 2 aromatic rings. The van der Waals surface area contributed by atoms with Crippen molar-refractivity contribution in [3.05, 3.63) is 76.3 Å². The lowest BCUT2D eigenvalue weighted by Crippen LogP contribution is -2.41. The van der Waals surface area contributed by atoms with Crippen LogP contribution in [0.1, 0.15) is 28.8 Å². The largest absolute Gasteiger partial charge is 0.496 e. The Morgan fingerprint density at radius 2 is 1.57 bits per heavy atom. The van der Waals surface area contributed by atoms with Gasteiger partial charge in [0, 0.05) is 6.07 Å². The SMILES string of the molecule is CCS(=O)(=O)c1cc(C(=O)OC)c(OC)cc1N1C(N)=C(C#N)C(c2ccccc2)C(C(=O)OC)=C1C(=O)OC. The number of nitrogens with zero attached hydrogens (tertiary/aromatic N) is 2. The Balaban J connectivity index is 2.59. The lowest BCUT2D eigenvalue weighted by atomic mass is 9.81. The molecule has 1 aliphatic rings. The van der Waals surface area contributed by atoms with Crippen LogP contribution >= 0.6 is 0 Å². The number of hydrogen-bond acceptors (Lipinski definition) is 12. The van der Waals surface area contributed by atoms with Crippen molar-refractivity contribution in [2.24, 2.45) is 5.73 Å². The number of methoxy groups -OCH3 is 4. The number of ether oxygens (including phenoxy) is 4. The van der Waals surface area contributed by atoms with Crippen LogP contribution in [0.15, 0.2) is 70.0 Å². The van der Waals surface area contributed by atoms with E-state index in [0.717, 1.165) is 38.4 Å². The highest BCUT2D eigenvalue weighted by Crippen LogP contribution is 2.46. The molecule has 0 bridgehead atoms. The molecule has 0 radical (unpaired) electrons. The zero-order valence-corrected chi connectivity index (χ0v) is 23.2. The maximum absolute atomic E-state index is 13.4. The minimum absolute atomic E-state index is 0.128. The summed E-state index contributed by atoms with van der Waals surface area (Å²) < 4.78 is 46.7. The monoisotopic (exact) mass is 569 g/mol. The van der Waals surface area contributed by atoms with Crippen LogP contribution in [-0.4, -0.2) is 60.5 Å². The lowest BCUT2D eigenvalue weighted by molar-refractivity contribution is -0.139. The van der Waals surface area contributed by atoms with Gasteiger partial charge in [0.05, 0.1) is 67.9 Å². The number of nitrogens with two attached hydrogens (primary N) is 1. The second kappa shape index (κ2) is 11.9. The molecule has 0 aromatic heterocycles. The number of sulfone groups is 1. The van der Waals surface area contributed by atoms with Crippen molar-refractivity contribution < 1.29 is 41.7 Å². The molecule has 0 aliphatic carbocycles. The first kappa shape index (κ1) is 29.7. The summed E-state index contributed by atoms with van der Waals surface area (Å²) >= 11 is 0. The number of allylic oxidation sites excluding steroid dienone is 1. The highest BCUT2D eigenvalue weighted by Gasteiger charge is 2.44. The summed E-state index contributed by atoms with van der Waals surface area (Å²) in [7, 11) is 0.356. The second-order valence-electron chi connectivity index (χ2n) is 8.25. The molecular weight excluding hydrogens is 542 g/mol. The van der Waals surface area contributed by atoms with Gasteiger partial charge in [-0.25, -0.2) is 22.8 Å². The zero-order chi connectivity index (χ0) is 29.8. The van der Waals surface area contributed by atoms with Gasteiger partial charge in [-0.15, -0.1) is 0 Å². The third-order valence-electron chi connectivity index (χ3n) is 6.25. The third kappa shape index (κ3) is 5.08. The first-order valence-corrected chi connectivity index (χ1v) is 13.4. The minimum atomic E-state index is -4.14. The number of esters is 3. The van der Waals surface area contributed by atoms with Crippen molar-refractivity contribution in [1.82, 2.24) is 0 Å². The Labute approximate surface area is 231 Å². The Kier molecular flexibility index (Phi) is 8.85. The molecule has 3 rings (SSSR count). The fraction of sp³-hybridized carbons (Fsp3) is 0.259. The number of rotatable bonds is 8. The molecule has 1 atom stereocenters. The van der Waals surface area contributed by atoms with Gasteiger partial charge < -0.3 is 24.7 Å². The summed E-state index contributed by atoms with van der Waals surface area (Å²) in [6.07, 6.45) is 0. The number of carbonyl (C=O) groups is 3. The molecule has 13 heteroatoms. The van der Waals surface area contributed by atoms with Gasteiger partial charge in [0.2, 0.25) is 0 Å². The molecule has 0 saturated heterocycles. The lowest BCUT2D eigenvalue weighted by Gasteiger charge is -2.36. The number of carbonyl (C=O) groups excluding carboxylic acids is 3. The van der Waals surface area contributed by atoms with Crippen molar-refractivity contribution in [3.63, 3.8) is 0 Å². The molecule has 1 unspecified atom stereocenters. The van der Waals surface area contributed by atoms with Crippen molar-refractivity contribution in [2.75, 3.05) is 39.1 Å². The molecule has 2 aromatic carbocycles. The van der Waals surface area contributed by atoms with Crippen molar-refractivity contribution >= 4 is 33.4 Å². The van der Waals surface area contributed by atoms with Crippen molar-refractivity contribution in [2.45, 2.75) is 17.7 Å². The molecular formula is C27H27N3O9S. The van der Waals surface area contributed by atoms with Gasteiger partial charge in [-0.05, 0) is 11.6 Å². The molecule has 12 nitrogen and oxygen atoms in total. The van der Waals surface area contributed by atoms with Crippen LogP contribution in [0.3, 0.4) is 0 Å². The Morgan fingerprint density at radius 1 is 0.975 bits per heavy atom. The molecule has 210 valence electrons. The Bertz CT molecular complexity index is 1570. The summed E-state index contributed by atoms with van der Waals surface area (Å²) in [4.78, 5) is 39.6. The number of nitriles is 1. The van der Waals surface area contributed by atoms with E-state index in [1.54, 1.807) is 30.3 Å². The van der Waals surface area contributed by atoms with Crippen LogP contribution in [0, 0.1) is 11.3 Å². The smallest absolute Gasteiger partial charge is 0.355 e. The molecule has 0 spiro atoms. The van der Waals surface area contributed by atoms with E-state index in [0.29, 0.717) is 5.56 Å². The average molecular weight is 570 g/mol. The van der Waals surface area contributed by atoms with E-state index in [-0.39, 0.29) is 34.0 Å². The van der Waals surface area contributed by atoms with Crippen LogP contribution in [-0.2, 0) is 33.6 Å². The zero-order valence-electron chi connectivity index (χ0n) is 22.4. The summed E-state index contributed by atoms with van der Waals surface area (Å²) in [5.41, 5.74) is 5.47. The fourth-order valence-electron chi connectivity index (χ4n) is 4.33.